The maximum atomic E-state index is 12.6. The second-order valence-electron chi connectivity index (χ2n) is 2.16. The Hall–Kier alpha value is -1.63. The van der Waals surface area contributed by atoms with Crippen molar-refractivity contribution < 1.29 is 9.13 Å². The lowest BCUT2D eigenvalue weighted by molar-refractivity contribution is 0.391. The molecule has 1 rings (SSSR count). The molecule has 0 saturated heterocycles. The number of rotatable bonds is 2. The van der Waals surface area contributed by atoms with Crippen LogP contribution in [0.15, 0.2) is 12.3 Å². The van der Waals surface area contributed by atoms with E-state index < -0.39 is 5.82 Å². The molecule has 0 aliphatic heterocycles. The average Bonchev–Trinajstić information content (AvgIpc) is 2.05. The number of ether oxygens (including phenoxy) is 1. The number of hydrogen-bond acceptors (Lipinski definition) is 3. The van der Waals surface area contributed by atoms with Gasteiger partial charge < -0.3 is 4.74 Å². The number of nitriles is 1. The SMILES string of the molecule is COc1ncc(F)cc1CC#N. The molecular weight excluding hydrogens is 159 g/mol. The average molecular weight is 166 g/mol. The molecule has 1 aromatic heterocycles. The van der Waals surface area contributed by atoms with Crippen molar-refractivity contribution in [2.24, 2.45) is 0 Å². The normalized spacial score (nSPS) is 9.08. The molecule has 0 amide bonds. The topological polar surface area (TPSA) is 45.9 Å². The van der Waals surface area contributed by atoms with Crippen LogP contribution in [-0.4, -0.2) is 12.1 Å². The van der Waals surface area contributed by atoms with Crippen LogP contribution in [0.5, 0.6) is 5.88 Å². The van der Waals surface area contributed by atoms with Crippen LogP contribution < -0.4 is 4.74 Å². The summed E-state index contributed by atoms with van der Waals surface area (Å²) in [6.07, 6.45) is 1.16. The van der Waals surface area contributed by atoms with Crippen LogP contribution in [0.2, 0.25) is 0 Å². The molecule has 3 nitrogen and oxygen atoms in total. The minimum absolute atomic E-state index is 0.105. The molecular formula is C8H7FN2O. The van der Waals surface area contributed by atoms with Crippen LogP contribution in [0, 0.1) is 17.1 Å². The van der Waals surface area contributed by atoms with Crippen molar-refractivity contribution in [3.63, 3.8) is 0 Å². The summed E-state index contributed by atoms with van der Waals surface area (Å²) < 4.78 is 17.4. The van der Waals surface area contributed by atoms with E-state index in [1.165, 1.54) is 13.2 Å². The molecule has 0 aliphatic rings. The van der Waals surface area contributed by atoms with E-state index in [1.807, 2.05) is 6.07 Å². The number of methoxy groups -OCH3 is 1. The van der Waals surface area contributed by atoms with Gasteiger partial charge in [0.1, 0.15) is 5.82 Å². The molecule has 0 spiro atoms. The highest BCUT2D eigenvalue weighted by molar-refractivity contribution is 5.28. The van der Waals surface area contributed by atoms with Crippen molar-refractivity contribution in [3.05, 3.63) is 23.6 Å². The van der Waals surface area contributed by atoms with Gasteiger partial charge in [-0.1, -0.05) is 0 Å². The highest BCUT2D eigenvalue weighted by atomic mass is 19.1. The zero-order valence-electron chi connectivity index (χ0n) is 6.54. The Kier molecular flexibility index (Phi) is 2.59. The predicted molar refractivity (Wildman–Crippen MR) is 40.1 cm³/mol. The zero-order chi connectivity index (χ0) is 8.97. The van der Waals surface area contributed by atoms with Gasteiger partial charge in [-0.25, -0.2) is 9.37 Å². The number of nitrogens with zero attached hydrogens (tertiary/aromatic N) is 2. The highest BCUT2D eigenvalue weighted by Gasteiger charge is 2.04. The monoisotopic (exact) mass is 166 g/mol. The minimum atomic E-state index is -0.457. The van der Waals surface area contributed by atoms with Gasteiger partial charge in [0.05, 0.1) is 25.8 Å². The van der Waals surface area contributed by atoms with Crippen molar-refractivity contribution in [2.75, 3.05) is 7.11 Å². The molecule has 0 bridgehead atoms. The smallest absolute Gasteiger partial charge is 0.217 e. The number of pyridine rings is 1. The van der Waals surface area contributed by atoms with Gasteiger partial charge in [-0.3, -0.25) is 0 Å². The molecule has 0 radical (unpaired) electrons. The lowest BCUT2D eigenvalue weighted by Crippen LogP contribution is -1.95. The predicted octanol–water partition coefficient (Wildman–Crippen LogP) is 1.30. The van der Waals surface area contributed by atoms with E-state index in [1.54, 1.807) is 0 Å². The Morgan fingerprint density at radius 2 is 2.50 bits per heavy atom. The Morgan fingerprint density at radius 3 is 3.08 bits per heavy atom. The molecule has 0 N–H and O–H groups in total. The van der Waals surface area contributed by atoms with Crippen molar-refractivity contribution in [3.8, 4) is 11.9 Å². The molecule has 0 unspecified atom stereocenters. The van der Waals surface area contributed by atoms with Crippen LogP contribution in [0.1, 0.15) is 5.56 Å². The summed E-state index contributed by atoms with van der Waals surface area (Å²) in [6.45, 7) is 0. The molecule has 1 aromatic rings. The fourth-order valence-corrected chi connectivity index (χ4v) is 0.864. The Balaban J connectivity index is 3.05. The van der Waals surface area contributed by atoms with Gasteiger partial charge in [-0.2, -0.15) is 5.26 Å². The van der Waals surface area contributed by atoms with Crippen LogP contribution in [0.4, 0.5) is 4.39 Å². The van der Waals surface area contributed by atoms with Crippen molar-refractivity contribution in [1.82, 2.24) is 4.98 Å². The van der Waals surface area contributed by atoms with Gasteiger partial charge in [-0.05, 0) is 6.07 Å². The van der Waals surface area contributed by atoms with Crippen molar-refractivity contribution in [1.29, 1.82) is 5.26 Å². The lowest BCUT2D eigenvalue weighted by atomic mass is 10.2. The summed E-state index contributed by atoms with van der Waals surface area (Å²) in [5.41, 5.74) is 0.472. The van der Waals surface area contributed by atoms with E-state index in [0.717, 1.165) is 6.20 Å². The summed E-state index contributed by atoms with van der Waals surface area (Å²) in [6, 6.07) is 3.14. The van der Waals surface area contributed by atoms with E-state index in [9.17, 15) is 4.39 Å². The van der Waals surface area contributed by atoms with Gasteiger partial charge in [0, 0.05) is 5.56 Å². The second-order valence-corrected chi connectivity index (χ2v) is 2.16. The highest BCUT2D eigenvalue weighted by Crippen LogP contribution is 2.15. The summed E-state index contributed by atoms with van der Waals surface area (Å²) in [4.78, 5) is 3.67. The molecule has 0 saturated carbocycles. The van der Waals surface area contributed by atoms with Crippen LogP contribution >= 0.6 is 0 Å². The fraction of sp³-hybridized carbons (Fsp3) is 0.250. The molecule has 0 fully saturated rings. The number of aromatic nitrogens is 1. The Bertz CT molecular complexity index is 319. The first-order valence-electron chi connectivity index (χ1n) is 3.33. The largest absolute Gasteiger partial charge is 0.481 e. The zero-order valence-corrected chi connectivity index (χ0v) is 6.54. The lowest BCUT2D eigenvalue weighted by Gasteiger charge is -2.02. The quantitative estimate of drug-likeness (QED) is 0.665. The molecule has 0 aromatic carbocycles. The summed E-state index contributed by atoms with van der Waals surface area (Å²) in [5.74, 6) is -0.154. The minimum Gasteiger partial charge on any atom is -0.481 e. The molecule has 1 heterocycles. The van der Waals surface area contributed by atoms with Crippen molar-refractivity contribution in [2.45, 2.75) is 6.42 Å². The molecule has 4 heteroatoms. The third-order valence-electron chi connectivity index (χ3n) is 1.35. The molecule has 62 valence electrons. The molecule has 12 heavy (non-hydrogen) atoms. The van der Waals surface area contributed by atoms with Crippen LogP contribution in [-0.2, 0) is 6.42 Å². The first kappa shape index (κ1) is 8.47. The van der Waals surface area contributed by atoms with E-state index in [-0.39, 0.29) is 6.42 Å². The van der Waals surface area contributed by atoms with Gasteiger partial charge >= 0.3 is 0 Å². The van der Waals surface area contributed by atoms with Gasteiger partial charge in [-0.15, -0.1) is 0 Å². The summed E-state index contributed by atoms with van der Waals surface area (Å²) in [5, 5.41) is 8.37. The summed E-state index contributed by atoms with van der Waals surface area (Å²) in [7, 11) is 1.43. The third kappa shape index (κ3) is 1.70. The number of halogens is 1. The maximum Gasteiger partial charge on any atom is 0.217 e. The standard InChI is InChI=1S/C8H7FN2O/c1-12-8-6(2-3-10)4-7(9)5-11-8/h4-5H,2H2,1H3. The van der Waals surface area contributed by atoms with Gasteiger partial charge in [0.2, 0.25) is 5.88 Å². The van der Waals surface area contributed by atoms with Crippen LogP contribution in [0.25, 0.3) is 0 Å². The fourth-order valence-electron chi connectivity index (χ4n) is 0.864. The number of hydrogen-bond donors (Lipinski definition) is 0. The maximum absolute atomic E-state index is 12.6. The van der Waals surface area contributed by atoms with Crippen LogP contribution in [0.3, 0.4) is 0 Å². The van der Waals surface area contributed by atoms with Crippen molar-refractivity contribution >= 4 is 0 Å². The molecule has 0 aliphatic carbocycles. The summed E-state index contributed by atoms with van der Waals surface area (Å²) >= 11 is 0. The van der Waals surface area contributed by atoms with E-state index >= 15 is 0 Å². The second kappa shape index (κ2) is 3.67. The first-order chi connectivity index (χ1) is 5.77. The van der Waals surface area contributed by atoms with Gasteiger partial charge in [0.25, 0.3) is 0 Å². The third-order valence-corrected chi connectivity index (χ3v) is 1.35. The van der Waals surface area contributed by atoms with E-state index in [2.05, 4.69) is 4.98 Å². The van der Waals surface area contributed by atoms with E-state index in [0.29, 0.717) is 11.4 Å². The Labute approximate surface area is 69.4 Å². The van der Waals surface area contributed by atoms with E-state index in [4.69, 9.17) is 10.00 Å². The first-order valence-corrected chi connectivity index (χ1v) is 3.33. The van der Waals surface area contributed by atoms with Gasteiger partial charge in [0.15, 0.2) is 0 Å². The molecule has 0 atom stereocenters. The Morgan fingerprint density at radius 1 is 1.75 bits per heavy atom.